The van der Waals surface area contributed by atoms with Crippen LogP contribution in [0.5, 0.6) is 0 Å². The number of hydrogen-bond acceptors (Lipinski definition) is 4. The predicted octanol–water partition coefficient (Wildman–Crippen LogP) is 1.72. The maximum absolute atomic E-state index is 13.2. The molecule has 4 atom stereocenters. The molecule has 1 aromatic heterocycles. The third-order valence-corrected chi connectivity index (χ3v) is 7.45. The Kier molecular flexibility index (Phi) is 4.09. The third-order valence-electron chi connectivity index (χ3n) is 7.45. The summed E-state index contributed by atoms with van der Waals surface area (Å²) in [5.74, 6) is 1.22. The predicted molar refractivity (Wildman–Crippen MR) is 103 cm³/mol. The molecular formula is C21H30N4O3. The first-order chi connectivity index (χ1) is 13.4. The van der Waals surface area contributed by atoms with Crippen LogP contribution in [0.15, 0.2) is 0 Å². The van der Waals surface area contributed by atoms with Gasteiger partial charge in [0.1, 0.15) is 0 Å². The van der Waals surface area contributed by atoms with Gasteiger partial charge in [0.25, 0.3) is 5.91 Å². The second kappa shape index (κ2) is 6.31. The van der Waals surface area contributed by atoms with E-state index in [1.165, 1.54) is 0 Å². The summed E-state index contributed by atoms with van der Waals surface area (Å²) >= 11 is 0. The van der Waals surface area contributed by atoms with Crippen LogP contribution in [0.25, 0.3) is 0 Å². The van der Waals surface area contributed by atoms with Gasteiger partial charge >= 0.3 is 0 Å². The molecule has 1 aromatic rings. The fourth-order valence-corrected chi connectivity index (χ4v) is 5.04. The van der Waals surface area contributed by atoms with Crippen molar-refractivity contribution in [3.05, 3.63) is 17.0 Å². The smallest absolute Gasteiger partial charge is 0.257 e. The molecule has 4 fully saturated rings. The van der Waals surface area contributed by atoms with Gasteiger partial charge in [0.2, 0.25) is 5.91 Å². The highest BCUT2D eigenvalue weighted by Crippen LogP contribution is 2.46. The molecule has 0 unspecified atom stereocenters. The molecule has 2 amide bonds. The zero-order valence-electron chi connectivity index (χ0n) is 16.7. The Morgan fingerprint density at radius 2 is 1.89 bits per heavy atom. The maximum atomic E-state index is 13.2. The van der Waals surface area contributed by atoms with Crippen molar-refractivity contribution in [2.24, 2.45) is 17.3 Å². The van der Waals surface area contributed by atoms with Crippen LogP contribution in [0, 0.1) is 24.2 Å². The SMILES string of the molecule is Cc1[nH]nc(C2CC2)c1C(=O)N1C[C@H]2C[C@H](O)[C@@H](NC(=O)C3(C)CC3)C[C@H]2C1. The van der Waals surface area contributed by atoms with Crippen molar-refractivity contribution in [3.8, 4) is 0 Å². The van der Waals surface area contributed by atoms with Gasteiger partial charge in [0, 0.05) is 30.1 Å². The molecule has 4 aliphatic rings. The summed E-state index contributed by atoms with van der Waals surface area (Å²) in [4.78, 5) is 27.6. The van der Waals surface area contributed by atoms with Crippen molar-refractivity contribution < 1.29 is 14.7 Å². The lowest BCUT2D eigenvalue weighted by Crippen LogP contribution is -2.50. The number of H-pyrrole nitrogens is 1. The Morgan fingerprint density at radius 1 is 1.21 bits per heavy atom. The number of carbonyl (C=O) groups is 2. The fourth-order valence-electron chi connectivity index (χ4n) is 5.04. The van der Waals surface area contributed by atoms with Crippen molar-refractivity contribution in [1.82, 2.24) is 20.4 Å². The van der Waals surface area contributed by atoms with Crippen LogP contribution in [0.3, 0.4) is 0 Å². The number of aromatic nitrogens is 2. The summed E-state index contributed by atoms with van der Waals surface area (Å²) in [6, 6.07) is -0.195. The molecular weight excluding hydrogens is 356 g/mol. The zero-order valence-corrected chi connectivity index (χ0v) is 16.7. The molecule has 0 bridgehead atoms. The van der Waals surface area contributed by atoms with Crippen molar-refractivity contribution >= 4 is 11.8 Å². The van der Waals surface area contributed by atoms with E-state index in [9.17, 15) is 14.7 Å². The van der Waals surface area contributed by atoms with Crippen molar-refractivity contribution in [3.63, 3.8) is 0 Å². The van der Waals surface area contributed by atoms with Gasteiger partial charge in [-0.3, -0.25) is 14.7 Å². The van der Waals surface area contributed by atoms with Crippen LogP contribution < -0.4 is 5.32 Å². The van der Waals surface area contributed by atoms with E-state index in [2.05, 4.69) is 15.5 Å². The van der Waals surface area contributed by atoms with Gasteiger partial charge in [0.15, 0.2) is 0 Å². The lowest BCUT2D eigenvalue weighted by molar-refractivity contribution is -0.128. The molecule has 5 rings (SSSR count). The minimum absolute atomic E-state index is 0.0723. The molecule has 0 radical (unpaired) electrons. The maximum Gasteiger partial charge on any atom is 0.257 e. The number of fused-ring (bicyclic) bond motifs is 1. The number of amides is 2. The van der Waals surface area contributed by atoms with Crippen LogP contribution in [-0.2, 0) is 4.79 Å². The number of nitrogens with zero attached hydrogens (tertiary/aromatic N) is 2. The first-order valence-electron chi connectivity index (χ1n) is 10.7. The van der Waals surface area contributed by atoms with Gasteiger partial charge in [-0.15, -0.1) is 0 Å². The normalized spacial score (nSPS) is 33.5. The number of aliphatic hydroxyl groups is 1. The average Bonchev–Trinajstić information content (AvgIpc) is 3.56. The van der Waals surface area contributed by atoms with Crippen LogP contribution in [0.2, 0.25) is 0 Å². The first-order valence-corrected chi connectivity index (χ1v) is 10.7. The zero-order chi connectivity index (χ0) is 19.6. The number of aromatic amines is 1. The Bertz CT molecular complexity index is 811. The Morgan fingerprint density at radius 3 is 2.54 bits per heavy atom. The van der Waals surface area contributed by atoms with Crippen molar-refractivity contribution in [1.29, 1.82) is 0 Å². The number of nitrogens with one attached hydrogen (secondary N) is 2. The summed E-state index contributed by atoms with van der Waals surface area (Å²) < 4.78 is 0. The summed E-state index contributed by atoms with van der Waals surface area (Å²) in [7, 11) is 0. The van der Waals surface area contributed by atoms with Crippen LogP contribution >= 0.6 is 0 Å². The molecule has 3 N–H and O–H groups in total. The lowest BCUT2D eigenvalue weighted by atomic mass is 9.77. The van der Waals surface area contributed by atoms with Gasteiger partial charge in [-0.1, -0.05) is 6.92 Å². The van der Waals surface area contributed by atoms with E-state index < -0.39 is 6.10 Å². The number of rotatable bonds is 4. The summed E-state index contributed by atoms with van der Waals surface area (Å²) in [6.07, 6.45) is 4.96. The van der Waals surface area contributed by atoms with Crippen LogP contribution in [0.4, 0.5) is 0 Å². The van der Waals surface area contributed by atoms with E-state index in [1.54, 1.807) is 0 Å². The third kappa shape index (κ3) is 3.04. The Hall–Kier alpha value is -1.89. The van der Waals surface area contributed by atoms with E-state index >= 15 is 0 Å². The molecule has 7 heteroatoms. The Balaban J connectivity index is 1.27. The number of aryl methyl sites for hydroxylation is 1. The first kappa shape index (κ1) is 18.2. The molecule has 1 aliphatic heterocycles. The molecule has 3 saturated carbocycles. The van der Waals surface area contributed by atoms with Gasteiger partial charge in [-0.2, -0.15) is 5.10 Å². The van der Waals surface area contributed by atoms with E-state index in [4.69, 9.17) is 0 Å². The quantitative estimate of drug-likeness (QED) is 0.734. The minimum atomic E-state index is -0.528. The lowest BCUT2D eigenvalue weighted by Gasteiger charge is -2.36. The molecule has 1 saturated heterocycles. The highest BCUT2D eigenvalue weighted by atomic mass is 16.3. The largest absolute Gasteiger partial charge is 0.391 e. The standard InChI is InChI=1S/C21H30N4O3/c1-11-17(18(24-23-11)12-3-4-12)19(27)25-9-13-7-15(16(26)8-14(13)10-25)22-20(28)21(2)5-6-21/h12-16,26H,3-10H2,1-2H3,(H,22,28)(H,23,24)/t13-,14+,15-,16-/m0/s1. The molecule has 2 heterocycles. The second-order valence-corrected chi connectivity index (χ2v) is 9.79. The molecule has 152 valence electrons. The molecule has 0 spiro atoms. The highest BCUT2D eigenvalue weighted by molar-refractivity contribution is 5.97. The van der Waals surface area contributed by atoms with Crippen molar-refractivity contribution in [2.75, 3.05) is 13.1 Å². The summed E-state index contributed by atoms with van der Waals surface area (Å²) in [5.41, 5.74) is 2.31. The average molecular weight is 386 g/mol. The number of hydrogen-bond donors (Lipinski definition) is 3. The summed E-state index contributed by atoms with van der Waals surface area (Å²) in [5, 5.41) is 21.1. The minimum Gasteiger partial charge on any atom is -0.391 e. The van der Waals surface area contributed by atoms with Crippen molar-refractivity contribution in [2.45, 2.75) is 70.4 Å². The summed E-state index contributed by atoms with van der Waals surface area (Å²) in [6.45, 7) is 5.30. The Labute approximate surface area is 165 Å². The highest BCUT2D eigenvalue weighted by Gasteiger charge is 2.48. The van der Waals surface area contributed by atoms with Crippen LogP contribution in [-0.4, -0.2) is 57.3 Å². The van der Waals surface area contributed by atoms with E-state index in [-0.39, 0.29) is 23.3 Å². The van der Waals surface area contributed by atoms with Crippen LogP contribution in [0.1, 0.15) is 73.1 Å². The number of likely N-dealkylation sites (tertiary alicyclic amines) is 1. The van der Waals surface area contributed by atoms with E-state index in [0.717, 1.165) is 49.1 Å². The van der Waals surface area contributed by atoms with E-state index in [0.29, 0.717) is 37.3 Å². The molecule has 7 nitrogen and oxygen atoms in total. The number of carbonyl (C=O) groups excluding carboxylic acids is 2. The molecule has 3 aliphatic carbocycles. The van der Waals surface area contributed by atoms with Gasteiger partial charge in [-0.25, -0.2) is 0 Å². The fraction of sp³-hybridized carbons (Fsp3) is 0.762. The number of aliphatic hydroxyl groups excluding tert-OH is 1. The second-order valence-electron chi connectivity index (χ2n) is 9.79. The topological polar surface area (TPSA) is 98.3 Å². The molecule has 28 heavy (non-hydrogen) atoms. The van der Waals surface area contributed by atoms with E-state index in [1.807, 2.05) is 18.7 Å². The monoisotopic (exact) mass is 386 g/mol. The van der Waals surface area contributed by atoms with Gasteiger partial charge < -0.3 is 15.3 Å². The molecule has 0 aromatic carbocycles. The van der Waals surface area contributed by atoms with Gasteiger partial charge in [-0.05, 0) is 57.3 Å². The van der Waals surface area contributed by atoms with Gasteiger partial charge in [0.05, 0.1) is 23.4 Å².